The number of hydrogen-bond acceptors (Lipinski definition) is 9. The molecule has 0 aromatic carbocycles. The minimum atomic E-state index is -1.01. The lowest BCUT2D eigenvalue weighted by Gasteiger charge is -2.10. The Hall–Kier alpha value is -2.27. The highest BCUT2D eigenvalue weighted by Crippen LogP contribution is 1.98. The van der Waals surface area contributed by atoms with Crippen LogP contribution in [0.5, 0.6) is 0 Å². The number of rotatable bonds is 23. The second-order valence-electron chi connectivity index (χ2n) is 7.30. The molecule has 0 aliphatic carbocycles. The van der Waals surface area contributed by atoms with Crippen molar-refractivity contribution < 1.29 is 38.4 Å². The normalized spacial score (nSPS) is 12.5. The number of carboxylic acid groups (broad SMARTS) is 1. The molecule has 2 amide bonds. The summed E-state index contributed by atoms with van der Waals surface area (Å²) >= 11 is 0. The molecular weight excluding hydrogens is 448 g/mol. The Balaban J connectivity index is 3.29. The SMILES string of the molecule is C#CC[C@H](N)C(=O)NCCOCCOCCOCCOCCC(=O)NCCCC[C@H](N)C(=O)O. The molecule has 12 nitrogen and oxygen atoms in total. The first-order valence-electron chi connectivity index (χ1n) is 11.4. The van der Waals surface area contributed by atoms with Gasteiger partial charge in [0.2, 0.25) is 11.8 Å². The van der Waals surface area contributed by atoms with Gasteiger partial charge in [-0.3, -0.25) is 14.4 Å². The van der Waals surface area contributed by atoms with E-state index in [1.165, 1.54) is 0 Å². The molecule has 0 unspecified atom stereocenters. The Morgan fingerprint density at radius 1 is 0.794 bits per heavy atom. The molecule has 0 aliphatic rings. The van der Waals surface area contributed by atoms with Gasteiger partial charge in [0.25, 0.3) is 0 Å². The van der Waals surface area contributed by atoms with Gasteiger partial charge in [-0.05, 0) is 19.3 Å². The molecule has 0 spiro atoms. The number of hydrogen-bond donors (Lipinski definition) is 5. The summed E-state index contributed by atoms with van der Waals surface area (Å²) in [5, 5.41) is 14.1. The van der Waals surface area contributed by atoms with Gasteiger partial charge < -0.3 is 46.2 Å². The van der Waals surface area contributed by atoms with Gasteiger partial charge in [0.1, 0.15) is 6.04 Å². The molecule has 0 radical (unpaired) electrons. The maximum atomic E-state index is 11.6. The number of carboxylic acids is 1. The fourth-order valence-corrected chi connectivity index (χ4v) is 2.45. The van der Waals surface area contributed by atoms with Crippen LogP contribution in [0.2, 0.25) is 0 Å². The van der Waals surface area contributed by atoms with E-state index in [0.717, 1.165) is 0 Å². The molecule has 196 valence electrons. The van der Waals surface area contributed by atoms with E-state index in [2.05, 4.69) is 16.6 Å². The third-order valence-electron chi connectivity index (χ3n) is 4.39. The van der Waals surface area contributed by atoms with Crippen molar-refractivity contribution in [2.75, 3.05) is 65.9 Å². The summed E-state index contributed by atoms with van der Waals surface area (Å²) in [6.45, 7) is 3.89. The van der Waals surface area contributed by atoms with Gasteiger partial charge in [-0.1, -0.05) is 0 Å². The molecule has 0 saturated carbocycles. The first-order chi connectivity index (χ1) is 16.4. The Bertz CT molecular complexity index is 600. The van der Waals surface area contributed by atoms with Crippen molar-refractivity contribution in [1.82, 2.24) is 10.6 Å². The number of amides is 2. The van der Waals surface area contributed by atoms with Gasteiger partial charge in [0, 0.05) is 25.9 Å². The fraction of sp³-hybridized carbons (Fsp3) is 0.773. The second-order valence-corrected chi connectivity index (χ2v) is 7.30. The number of nitrogens with one attached hydrogen (secondary N) is 2. The number of carbonyl (C=O) groups excluding carboxylic acids is 2. The highest BCUT2D eigenvalue weighted by molar-refractivity contribution is 5.81. The maximum Gasteiger partial charge on any atom is 0.320 e. The van der Waals surface area contributed by atoms with Crippen molar-refractivity contribution in [3.05, 3.63) is 0 Å². The molecule has 0 aromatic heterocycles. The number of nitrogens with two attached hydrogens (primary N) is 2. The van der Waals surface area contributed by atoms with Crippen LogP contribution in [0, 0.1) is 12.3 Å². The summed E-state index contributed by atoms with van der Waals surface area (Å²) in [7, 11) is 0. The van der Waals surface area contributed by atoms with E-state index in [1.807, 2.05) is 0 Å². The molecule has 0 fully saturated rings. The smallest absolute Gasteiger partial charge is 0.320 e. The lowest BCUT2D eigenvalue weighted by molar-refractivity contribution is -0.138. The van der Waals surface area contributed by atoms with E-state index < -0.39 is 18.1 Å². The summed E-state index contributed by atoms with van der Waals surface area (Å²) in [6.07, 6.45) is 7.25. The first-order valence-corrected chi connectivity index (χ1v) is 11.4. The summed E-state index contributed by atoms with van der Waals surface area (Å²) in [4.78, 5) is 33.7. The van der Waals surface area contributed by atoms with Crippen molar-refractivity contribution in [2.45, 2.75) is 44.2 Å². The third-order valence-corrected chi connectivity index (χ3v) is 4.39. The predicted molar refractivity (Wildman–Crippen MR) is 125 cm³/mol. The topological polar surface area (TPSA) is 184 Å². The van der Waals surface area contributed by atoms with Crippen molar-refractivity contribution in [1.29, 1.82) is 0 Å². The molecule has 0 saturated heterocycles. The quantitative estimate of drug-likeness (QED) is 0.0847. The Labute approximate surface area is 201 Å². The average molecular weight is 489 g/mol. The van der Waals surface area contributed by atoms with E-state index in [-0.39, 0.29) is 24.7 Å². The van der Waals surface area contributed by atoms with Crippen LogP contribution in [0.1, 0.15) is 32.1 Å². The number of aliphatic carboxylic acids is 1. The van der Waals surface area contributed by atoms with Crippen LogP contribution in [-0.2, 0) is 33.3 Å². The van der Waals surface area contributed by atoms with Crippen molar-refractivity contribution in [3.8, 4) is 12.3 Å². The van der Waals surface area contributed by atoms with Crippen LogP contribution < -0.4 is 22.1 Å². The van der Waals surface area contributed by atoms with Gasteiger partial charge in [-0.25, -0.2) is 0 Å². The summed E-state index contributed by atoms with van der Waals surface area (Å²) in [5.41, 5.74) is 11.0. The predicted octanol–water partition coefficient (Wildman–Crippen LogP) is -1.39. The summed E-state index contributed by atoms with van der Waals surface area (Å²) in [5.74, 6) is 0.913. The van der Waals surface area contributed by atoms with Gasteiger partial charge in [0.15, 0.2) is 0 Å². The highest BCUT2D eigenvalue weighted by atomic mass is 16.6. The molecule has 34 heavy (non-hydrogen) atoms. The van der Waals surface area contributed by atoms with E-state index in [0.29, 0.717) is 85.2 Å². The maximum absolute atomic E-state index is 11.6. The van der Waals surface area contributed by atoms with Crippen LogP contribution >= 0.6 is 0 Å². The van der Waals surface area contributed by atoms with Crippen LogP contribution in [0.3, 0.4) is 0 Å². The minimum Gasteiger partial charge on any atom is -0.480 e. The molecule has 0 aliphatic heterocycles. The molecule has 12 heteroatoms. The highest BCUT2D eigenvalue weighted by Gasteiger charge is 2.11. The third kappa shape index (κ3) is 20.3. The van der Waals surface area contributed by atoms with E-state index >= 15 is 0 Å². The monoisotopic (exact) mass is 488 g/mol. The zero-order valence-corrected chi connectivity index (χ0v) is 19.8. The van der Waals surface area contributed by atoms with Gasteiger partial charge in [-0.15, -0.1) is 12.3 Å². The van der Waals surface area contributed by atoms with E-state index in [4.69, 9.17) is 41.9 Å². The van der Waals surface area contributed by atoms with Crippen LogP contribution in [0.25, 0.3) is 0 Å². The van der Waals surface area contributed by atoms with Gasteiger partial charge in [0.05, 0.1) is 58.9 Å². The van der Waals surface area contributed by atoms with Crippen LogP contribution in [0.4, 0.5) is 0 Å². The second kappa shape index (κ2) is 22.5. The lowest BCUT2D eigenvalue weighted by Crippen LogP contribution is -2.41. The Morgan fingerprint density at radius 2 is 1.35 bits per heavy atom. The van der Waals surface area contributed by atoms with Gasteiger partial charge in [-0.2, -0.15) is 0 Å². The Kier molecular flexibility index (Phi) is 21.0. The average Bonchev–Trinajstić information content (AvgIpc) is 2.81. The van der Waals surface area contributed by atoms with Gasteiger partial charge >= 0.3 is 5.97 Å². The number of unbranched alkanes of at least 4 members (excludes halogenated alkanes) is 1. The molecule has 0 heterocycles. The zero-order valence-electron chi connectivity index (χ0n) is 19.8. The first kappa shape index (κ1) is 31.7. The summed E-state index contributed by atoms with van der Waals surface area (Å²) in [6, 6.07) is -1.55. The molecular formula is C22H40N4O8. The Morgan fingerprint density at radius 3 is 1.91 bits per heavy atom. The van der Waals surface area contributed by atoms with E-state index in [9.17, 15) is 14.4 Å². The van der Waals surface area contributed by atoms with Crippen LogP contribution in [-0.4, -0.2) is 101 Å². The molecule has 7 N–H and O–H groups in total. The number of terminal acetylenes is 1. The fourth-order valence-electron chi connectivity index (χ4n) is 2.45. The molecule has 0 aromatic rings. The number of ether oxygens (including phenoxy) is 4. The number of carbonyl (C=O) groups is 3. The molecule has 0 bridgehead atoms. The largest absolute Gasteiger partial charge is 0.480 e. The van der Waals surface area contributed by atoms with Crippen molar-refractivity contribution in [2.24, 2.45) is 11.5 Å². The van der Waals surface area contributed by atoms with Crippen LogP contribution in [0.15, 0.2) is 0 Å². The standard InChI is InChI=1S/C22H40N4O8/c1-2-5-18(23)21(28)26-9-11-32-13-15-34-17-16-33-14-12-31-10-7-20(27)25-8-4-3-6-19(24)22(29)30/h1,18-19H,3-17,23-24H2,(H,25,27)(H,26,28)(H,29,30)/t18-,19-/m0/s1. The summed E-state index contributed by atoms with van der Waals surface area (Å²) < 4.78 is 21.4. The molecule has 2 atom stereocenters. The zero-order chi connectivity index (χ0) is 25.4. The molecule has 0 rings (SSSR count). The van der Waals surface area contributed by atoms with E-state index in [1.54, 1.807) is 0 Å². The van der Waals surface area contributed by atoms with Crippen molar-refractivity contribution in [3.63, 3.8) is 0 Å². The lowest BCUT2D eigenvalue weighted by atomic mass is 10.1. The van der Waals surface area contributed by atoms with Crippen molar-refractivity contribution >= 4 is 17.8 Å². The minimum absolute atomic E-state index is 0.117.